The zero-order valence-electron chi connectivity index (χ0n) is 3.52. The zero-order valence-corrected chi connectivity index (χ0v) is 3.52. The summed E-state index contributed by atoms with van der Waals surface area (Å²) in [5, 5.41) is 0. The van der Waals surface area contributed by atoms with Crippen molar-refractivity contribution in [3.63, 3.8) is 0 Å². The molecule has 0 spiro atoms. The van der Waals surface area contributed by atoms with Crippen molar-refractivity contribution in [1.82, 2.24) is 0 Å². The zero-order chi connectivity index (χ0) is 4.41. The average molecular weight is 87.1 g/mol. The summed E-state index contributed by atoms with van der Waals surface area (Å²) < 4.78 is 9.27. The first-order valence-corrected chi connectivity index (χ1v) is 1.92. The van der Waals surface area contributed by atoms with Crippen molar-refractivity contribution in [3.05, 3.63) is 7.11 Å². The number of rotatable bonds is 2. The predicted molar refractivity (Wildman–Crippen MR) is 21.0 cm³/mol. The molecule has 1 rings (SSSR count). The molecule has 1 heterocycles. The van der Waals surface area contributed by atoms with Gasteiger partial charge in [0.15, 0.2) is 0 Å². The van der Waals surface area contributed by atoms with Gasteiger partial charge in [0.25, 0.3) is 0 Å². The lowest BCUT2D eigenvalue weighted by atomic mass is 10.5. The Hall–Kier alpha value is -0.0800. The van der Waals surface area contributed by atoms with E-state index in [1.807, 2.05) is 0 Å². The van der Waals surface area contributed by atoms with Gasteiger partial charge in [-0.1, -0.05) is 0 Å². The molecule has 0 amide bonds. The normalized spacial score (nSPS) is 30.5. The van der Waals surface area contributed by atoms with E-state index in [0.717, 1.165) is 6.61 Å². The molecule has 0 aliphatic carbocycles. The van der Waals surface area contributed by atoms with E-state index >= 15 is 0 Å². The van der Waals surface area contributed by atoms with Crippen LogP contribution in [0.25, 0.3) is 0 Å². The lowest BCUT2D eigenvalue weighted by molar-refractivity contribution is 0.206. The van der Waals surface area contributed by atoms with Gasteiger partial charge in [0.05, 0.1) is 20.3 Å². The van der Waals surface area contributed by atoms with Crippen molar-refractivity contribution in [2.45, 2.75) is 6.10 Å². The molecular weight excluding hydrogens is 80.0 g/mol. The van der Waals surface area contributed by atoms with Crippen LogP contribution in [0.4, 0.5) is 0 Å². The minimum atomic E-state index is 0.363. The van der Waals surface area contributed by atoms with E-state index in [-0.39, 0.29) is 0 Å². The fraction of sp³-hybridized carbons (Fsp3) is 0.750. The summed E-state index contributed by atoms with van der Waals surface area (Å²) in [6.07, 6.45) is 0.363. The number of hydrogen-bond donors (Lipinski definition) is 0. The van der Waals surface area contributed by atoms with E-state index in [0.29, 0.717) is 12.7 Å². The Balaban J connectivity index is 1.88. The Kier molecular flexibility index (Phi) is 1.08. The van der Waals surface area contributed by atoms with Crippen LogP contribution < -0.4 is 0 Å². The standard InChI is InChI=1S/C4H7O2/c1-5-2-4-3-6-4/h4H,1-3H2. The second-order valence-electron chi connectivity index (χ2n) is 1.33. The Morgan fingerprint density at radius 2 is 2.67 bits per heavy atom. The first-order chi connectivity index (χ1) is 2.93. The van der Waals surface area contributed by atoms with E-state index in [1.54, 1.807) is 0 Å². The number of hydrogen-bond acceptors (Lipinski definition) is 2. The van der Waals surface area contributed by atoms with Crippen LogP contribution in [-0.4, -0.2) is 19.3 Å². The van der Waals surface area contributed by atoms with Gasteiger partial charge in [0.1, 0.15) is 6.10 Å². The Labute approximate surface area is 37.1 Å². The molecule has 1 unspecified atom stereocenters. The van der Waals surface area contributed by atoms with Crippen LogP contribution in [0.15, 0.2) is 0 Å². The van der Waals surface area contributed by atoms with Gasteiger partial charge in [-0.25, -0.2) is 0 Å². The number of epoxide rings is 1. The quantitative estimate of drug-likeness (QED) is 0.448. The van der Waals surface area contributed by atoms with E-state index in [9.17, 15) is 0 Å². The van der Waals surface area contributed by atoms with Gasteiger partial charge < -0.3 is 9.47 Å². The molecule has 0 aromatic carbocycles. The highest BCUT2D eigenvalue weighted by molar-refractivity contribution is 4.66. The van der Waals surface area contributed by atoms with E-state index in [2.05, 4.69) is 11.8 Å². The fourth-order valence-corrected chi connectivity index (χ4v) is 0.296. The molecule has 0 aromatic heterocycles. The van der Waals surface area contributed by atoms with Gasteiger partial charge in [0.2, 0.25) is 0 Å². The van der Waals surface area contributed by atoms with Crippen molar-refractivity contribution in [3.8, 4) is 0 Å². The van der Waals surface area contributed by atoms with Crippen LogP contribution in [0.2, 0.25) is 0 Å². The minimum Gasteiger partial charge on any atom is -0.376 e. The third-order valence-electron chi connectivity index (χ3n) is 0.706. The van der Waals surface area contributed by atoms with Gasteiger partial charge >= 0.3 is 0 Å². The molecule has 35 valence electrons. The van der Waals surface area contributed by atoms with Gasteiger partial charge in [-0.15, -0.1) is 0 Å². The summed E-state index contributed by atoms with van der Waals surface area (Å²) in [5.41, 5.74) is 0. The minimum absolute atomic E-state index is 0.363. The third kappa shape index (κ3) is 0.954. The predicted octanol–water partition coefficient (Wildman–Crippen LogP) is 0.193. The largest absolute Gasteiger partial charge is 0.376 e. The lowest BCUT2D eigenvalue weighted by Crippen LogP contribution is -1.93. The Bertz CT molecular complexity index is 40.8. The van der Waals surface area contributed by atoms with Crippen LogP contribution in [-0.2, 0) is 9.47 Å². The van der Waals surface area contributed by atoms with Crippen molar-refractivity contribution in [2.75, 3.05) is 13.2 Å². The van der Waals surface area contributed by atoms with E-state index in [1.165, 1.54) is 0 Å². The summed E-state index contributed by atoms with van der Waals surface area (Å²) in [7, 11) is 3.19. The van der Waals surface area contributed by atoms with E-state index < -0.39 is 0 Å². The maximum Gasteiger partial charge on any atom is 0.104 e. The molecule has 1 atom stereocenters. The molecule has 1 saturated heterocycles. The molecular formula is C4H7O2. The third-order valence-corrected chi connectivity index (χ3v) is 0.706. The maximum atomic E-state index is 4.78. The molecule has 0 aromatic rings. The Morgan fingerprint density at radius 1 is 2.00 bits per heavy atom. The van der Waals surface area contributed by atoms with Crippen LogP contribution in [0.3, 0.4) is 0 Å². The van der Waals surface area contributed by atoms with Crippen LogP contribution in [0.1, 0.15) is 0 Å². The second kappa shape index (κ2) is 1.58. The average Bonchev–Trinajstić information content (AvgIpc) is 2.21. The highest BCUT2D eigenvalue weighted by Gasteiger charge is 2.21. The van der Waals surface area contributed by atoms with Crippen LogP contribution in [0.5, 0.6) is 0 Å². The molecule has 2 heteroatoms. The maximum absolute atomic E-state index is 4.78. The summed E-state index contributed by atoms with van der Waals surface area (Å²) in [5.74, 6) is 0. The fourth-order valence-electron chi connectivity index (χ4n) is 0.296. The highest BCUT2D eigenvalue weighted by atomic mass is 16.6. The summed E-state index contributed by atoms with van der Waals surface area (Å²) in [6, 6.07) is 0. The van der Waals surface area contributed by atoms with Gasteiger partial charge in [-0.3, -0.25) is 0 Å². The summed E-state index contributed by atoms with van der Waals surface area (Å²) in [4.78, 5) is 0. The summed E-state index contributed by atoms with van der Waals surface area (Å²) >= 11 is 0. The molecule has 1 radical (unpaired) electrons. The molecule has 1 aliphatic heterocycles. The van der Waals surface area contributed by atoms with Crippen LogP contribution in [0, 0.1) is 7.11 Å². The lowest BCUT2D eigenvalue weighted by Gasteiger charge is -1.84. The smallest absolute Gasteiger partial charge is 0.104 e. The Morgan fingerprint density at radius 3 is 2.83 bits per heavy atom. The molecule has 1 aliphatic rings. The van der Waals surface area contributed by atoms with Crippen LogP contribution >= 0.6 is 0 Å². The number of ether oxygens (including phenoxy) is 2. The van der Waals surface area contributed by atoms with E-state index in [4.69, 9.17) is 4.74 Å². The molecule has 0 bridgehead atoms. The monoisotopic (exact) mass is 87.0 g/mol. The van der Waals surface area contributed by atoms with Crippen molar-refractivity contribution < 1.29 is 9.47 Å². The first-order valence-electron chi connectivity index (χ1n) is 1.92. The second-order valence-corrected chi connectivity index (χ2v) is 1.33. The van der Waals surface area contributed by atoms with Crippen molar-refractivity contribution in [2.24, 2.45) is 0 Å². The molecule has 0 N–H and O–H groups in total. The van der Waals surface area contributed by atoms with Gasteiger partial charge in [0, 0.05) is 0 Å². The highest BCUT2D eigenvalue weighted by Crippen LogP contribution is 2.07. The summed E-state index contributed by atoms with van der Waals surface area (Å²) in [6.45, 7) is 1.51. The molecule has 1 fully saturated rings. The SMILES string of the molecule is [CH2]OCC1CO1. The molecule has 2 nitrogen and oxygen atoms in total. The van der Waals surface area contributed by atoms with Gasteiger partial charge in [-0.2, -0.15) is 0 Å². The molecule has 6 heavy (non-hydrogen) atoms. The van der Waals surface area contributed by atoms with Crippen molar-refractivity contribution in [1.29, 1.82) is 0 Å². The van der Waals surface area contributed by atoms with Gasteiger partial charge in [-0.05, 0) is 0 Å². The first kappa shape index (κ1) is 4.09. The molecule has 0 saturated carbocycles. The van der Waals surface area contributed by atoms with Crippen molar-refractivity contribution >= 4 is 0 Å². The topological polar surface area (TPSA) is 21.8 Å².